The van der Waals surface area contributed by atoms with E-state index in [1.807, 2.05) is 0 Å². The van der Waals surface area contributed by atoms with Gasteiger partial charge in [0.05, 0.1) is 10.5 Å². The fourth-order valence-corrected chi connectivity index (χ4v) is 4.15. The third-order valence-corrected chi connectivity index (χ3v) is 5.28. The summed E-state index contributed by atoms with van der Waals surface area (Å²) in [6, 6.07) is 2.38. The molecule has 1 saturated carbocycles. The molecule has 2 rings (SSSR count). The van der Waals surface area contributed by atoms with Gasteiger partial charge in [-0.15, -0.1) is 0 Å². The Kier molecular flexibility index (Phi) is 4.85. The lowest BCUT2D eigenvalue weighted by Gasteiger charge is -2.23. The zero-order valence-electron chi connectivity index (χ0n) is 11.1. The number of halogens is 4. The highest BCUT2D eigenvalue weighted by atomic mass is 35.5. The van der Waals surface area contributed by atoms with E-state index >= 15 is 0 Å². The number of sulfonamides is 1. The van der Waals surface area contributed by atoms with Gasteiger partial charge in [-0.25, -0.2) is 13.1 Å². The molecule has 0 amide bonds. The predicted molar refractivity (Wildman–Crippen MR) is 73.6 cm³/mol. The fourth-order valence-electron chi connectivity index (χ4n) is 2.46. The van der Waals surface area contributed by atoms with Crippen molar-refractivity contribution < 1.29 is 21.6 Å². The minimum absolute atomic E-state index is 0.154. The fraction of sp³-hybridized carbons (Fsp3) is 0.538. The van der Waals surface area contributed by atoms with Crippen LogP contribution in [-0.4, -0.2) is 14.5 Å². The van der Waals surface area contributed by atoms with Crippen LogP contribution < -0.4 is 4.72 Å². The molecule has 8 heteroatoms. The van der Waals surface area contributed by atoms with Crippen LogP contribution in [-0.2, 0) is 16.2 Å². The summed E-state index contributed by atoms with van der Waals surface area (Å²) in [5, 5.41) is -0.154. The van der Waals surface area contributed by atoms with Gasteiger partial charge in [0.25, 0.3) is 0 Å². The Morgan fingerprint density at radius 2 is 1.76 bits per heavy atom. The van der Waals surface area contributed by atoms with Crippen LogP contribution >= 0.6 is 11.6 Å². The lowest BCUT2D eigenvalue weighted by Crippen LogP contribution is -2.37. The van der Waals surface area contributed by atoms with Crippen molar-refractivity contribution in [1.29, 1.82) is 0 Å². The third-order valence-electron chi connectivity index (χ3n) is 3.46. The minimum atomic E-state index is -4.78. The molecule has 1 aromatic carbocycles. The molecule has 1 fully saturated rings. The van der Waals surface area contributed by atoms with Gasteiger partial charge >= 0.3 is 6.18 Å². The van der Waals surface area contributed by atoms with E-state index in [0.29, 0.717) is 18.9 Å². The Hall–Kier alpha value is -0.790. The summed E-state index contributed by atoms with van der Waals surface area (Å²) in [5.74, 6) is 0. The smallest absolute Gasteiger partial charge is 0.208 e. The highest BCUT2D eigenvalue weighted by Crippen LogP contribution is 2.36. The van der Waals surface area contributed by atoms with E-state index in [9.17, 15) is 21.6 Å². The first kappa shape index (κ1) is 16.6. The molecule has 1 N–H and O–H groups in total. The largest absolute Gasteiger partial charge is 0.417 e. The van der Waals surface area contributed by atoms with Gasteiger partial charge in [-0.3, -0.25) is 0 Å². The van der Waals surface area contributed by atoms with E-state index in [1.165, 1.54) is 0 Å². The number of benzene rings is 1. The van der Waals surface area contributed by atoms with Gasteiger partial charge in [-0.1, -0.05) is 30.9 Å². The van der Waals surface area contributed by atoms with Gasteiger partial charge < -0.3 is 0 Å². The molecule has 21 heavy (non-hydrogen) atoms. The molecule has 0 spiro atoms. The summed E-state index contributed by atoms with van der Waals surface area (Å²) in [6.45, 7) is 0. The molecule has 0 atom stereocenters. The van der Waals surface area contributed by atoms with Crippen molar-refractivity contribution in [1.82, 2.24) is 4.72 Å². The zero-order valence-corrected chi connectivity index (χ0v) is 12.7. The molecule has 0 heterocycles. The zero-order chi connectivity index (χ0) is 15.7. The average molecular weight is 342 g/mol. The monoisotopic (exact) mass is 341 g/mol. The molecule has 1 aliphatic carbocycles. The third kappa shape index (κ3) is 4.11. The first-order valence-corrected chi connectivity index (χ1v) is 8.45. The number of hydrogen-bond donors (Lipinski definition) is 1. The SMILES string of the molecule is O=S(=O)(NC1CCCCC1)c1ccc(Cl)cc1C(F)(F)F. The van der Waals surface area contributed by atoms with Crippen LogP contribution in [0, 0.1) is 0 Å². The van der Waals surface area contributed by atoms with Crippen molar-refractivity contribution >= 4 is 21.6 Å². The lowest BCUT2D eigenvalue weighted by molar-refractivity contribution is -0.139. The molecule has 0 aliphatic heterocycles. The lowest BCUT2D eigenvalue weighted by atomic mass is 9.96. The van der Waals surface area contributed by atoms with Crippen molar-refractivity contribution in [3.8, 4) is 0 Å². The van der Waals surface area contributed by atoms with E-state index < -0.39 is 26.7 Å². The maximum atomic E-state index is 13.0. The summed E-state index contributed by atoms with van der Waals surface area (Å²) in [7, 11) is -4.22. The van der Waals surface area contributed by atoms with Crippen molar-refractivity contribution in [2.24, 2.45) is 0 Å². The Morgan fingerprint density at radius 3 is 2.33 bits per heavy atom. The molecular formula is C13H15ClF3NO2S. The second-order valence-electron chi connectivity index (χ2n) is 5.09. The minimum Gasteiger partial charge on any atom is -0.208 e. The van der Waals surface area contributed by atoms with Gasteiger partial charge in [0.15, 0.2) is 0 Å². The number of rotatable bonds is 3. The van der Waals surface area contributed by atoms with Crippen LogP contribution in [0.3, 0.4) is 0 Å². The molecule has 0 saturated heterocycles. The first-order chi connectivity index (χ1) is 9.70. The van der Waals surface area contributed by atoms with Gasteiger partial charge in [-0.05, 0) is 31.0 Å². The van der Waals surface area contributed by atoms with Gasteiger partial charge in [0, 0.05) is 11.1 Å². The van der Waals surface area contributed by atoms with Crippen LogP contribution in [0.2, 0.25) is 5.02 Å². The Bertz CT molecular complexity index is 610. The molecule has 0 aromatic heterocycles. The molecular weight excluding hydrogens is 327 g/mol. The van der Waals surface area contributed by atoms with Crippen LogP contribution in [0.15, 0.2) is 23.1 Å². The molecule has 1 aliphatic rings. The molecule has 3 nitrogen and oxygen atoms in total. The van der Waals surface area contributed by atoms with Crippen molar-refractivity contribution in [3.63, 3.8) is 0 Å². The Morgan fingerprint density at radius 1 is 1.14 bits per heavy atom. The number of hydrogen-bond acceptors (Lipinski definition) is 2. The summed E-state index contributed by atoms with van der Waals surface area (Å²) in [4.78, 5) is -0.773. The van der Waals surface area contributed by atoms with Crippen LogP contribution in [0.1, 0.15) is 37.7 Å². The van der Waals surface area contributed by atoms with E-state index in [4.69, 9.17) is 11.6 Å². The Balaban J connectivity index is 2.35. The van der Waals surface area contributed by atoms with Gasteiger partial charge in [0.1, 0.15) is 0 Å². The van der Waals surface area contributed by atoms with E-state index in [-0.39, 0.29) is 11.1 Å². The second kappa shape index (κ2) is 6.14. The first-order valence-electron chi connectivity index (χ1n) is 6.59. The predicted octanol–water partition coefficient (Wildman–Crippen LogP) is 3.97. The summed E-state index contributed by atoms with van der Waals surface area (Å²) >= 11 is 5.55. The van der Waals surface area contributed by atoms with E-state index in [0.717, 1.165) is 31.4 Å². The van der Waals surface area contributed by atoms with Crippen molar-refractivity contribution in [2.45, 2.75) is 49.2 Å². The van der Waals surface area contributed by atoms with Crippen LogP contribution in [0.4, 0.5) is 13.2 Å². The van der Waals surface area contributed by atoms with Gasteiger partial charge in [0.2, 0.25) is 10.0 Å². The van der Waals surface area contributed by atoms with E-state index in [2.05, 4.69) is 4.72 Å². The molecule has 0 bridgehead atoms. The molecule has 118 valence electrons. The van der Waals surface area contributed by atoms with Crippen LogP contribution in [0.5, 0.6) is 0 Å². The summed E-state index contributed by atoms with van der Waals surface area (Å²) in [5.41, 5.74) is -1.24. The van der Waals surface area contributed by atoms with Crippen molar-refractivity contribution in [3.05, 3.63) is 28.8 Å². The normalized spacial score (nSPS) is 17.9. The maximum Gasteiger partial charge on any atom is 0.417 e. The quantitative estimate of drug-likeness (QED) is 0.904. The number of nitrogens with one attached hydrogen (secondary N) is 1. The van der Waals surface area contributed by atoms with Crippen molar-refractivity contribution in [2.75, 3.05) is 0 Å². The van der Waals surface area contributed by atoms with Crippen LogP contribution in [0.25, 0.3) is 0 Å². The molecule has 0 unspecified atom stereocenters. The number of alkyl halides is 3. The maximum absolute atomic E-state index is 13.0. The van der Waals surface area contributed by atoms with Gasteiger partial charge in [-0.2, -0.15) is 13.2 Å². The molecule has 1 aromatic rings. The summed E-state index contributed by atoms with van der Waals surface area (Å²) in [6.07, 6.45) is -0.712. The summed E-state index contributed by atoms with van der Waals surface area (Å²) < 4.78 is 65.8. The molecule has 0 radical (unpaired) electrons. The van der Waals surface area contributed by atoms with E-state index in [1.54, 1.807) is 0 Å². The highest BCUT2D eigenvalue weighted by molar-refractivity contribution is 7.89. The highest BCUT2D eigenvalue weighted by Gasteiger charge is 2.38. The standard InChI is InChI=1S/C13H15ClF3NO2S/c14-9-6-7-12(11(8-9)13(15,16)17)21(19,20)18-10-4-2-1-3-5-10/h6-8,10,18H,1-5H2. The Labute approximate surface area is 126 Å². The topological polar surface area (TPSA) is 46.2 Å². The average Bonchev–Trinajstić information content (AvgIpc) is 2.38. The second-order valence-corrected chi connectivity index (χ2v) is 7.21.